The number of aliphatic hydroxyl groups excluding tert-OH is 1. The molecule has 0 atom stereocenters. The van der Waals surface area contributed by atoms with Crippen LogP contribution in [0.5, 0.6) is 5.75 Å². The normalized spacial score (nSPS) is 10.1. The predicted octanol–water partition coefficient (Wildman–Crippen LogP) is 1.19. The van der Waals surface area contributed by atoms with Gasteiger partial charge >= 0.3 is 11.7 Å². The number of ether oxygens (including phenoxy) is 1. The molecule has 98 valence electrons. The molecule has 0 saturated heterocycles. The highest BCUT2D eigenvalue weighted by molar-refractivity contribution is 5.89. The van der Waals surface area contributed by atoms with E-state index in [1.165, 1.54) is 0 Å². The molecule has 0 radical (unpaired) electrons. The van der Waals surface area contributed by atoms with E-state index in [1.807, 2.05) is 0 Å². The van der Waals surface area contributed by atoms with Crippen molar-refractivity contribution in [3.05, 3.63) is 33.6 Å². The number of nitro groups is 1. The van der Waals surface area contributed by atoms with E-state index in [0.29, 0.717) is 12.1 Å². The van der Waals surface area contributed by atoms with Crippen molar-refractivity contribution in [1.29, 1.82) is 0 Å². The number of hydrogen-bond acceptors (Lipinski definition) is 5. The van der Waals surface area contributed by atoms with Crippen LogP contribution >= 0.6 is 0 Å². The minimum absolute atomic E-state index is 0.0385. The number of nitro benzene ring substituents is 1. The fraction of sp³-hybridized carbons (Fsp3) is 0.300. The van der Waals surface area contributed by atoms with Gasteiger partial charge in [0.2, 0.25) is 0 Å². The van der Waals surface area contributed by atoms with Gasteiger partial charge in [-0.3, -0.25) is 10.1 Å². The fourth-order valence-electron chi connectivity index (χ4n) is 1.21. The number of benzene rings is 1. The molecule has 0 bridgehead atoms. The maximum atomic E-state index is 13.3. The zero-order chi connectivity index (χ0) is 13.7. The summed E-state index contributed by atoms with van der Waals surface area (Å²) in [5, 5.41) is 27.9. The van der Waals surface area contributed by atoms with Crippen LogP contribution < -0.4 is 4.74 Å². The molecule has 1 aromatic carbocycles. The van der Waals surface area contributed by atoms with Gasteiger partial charge in [-0.05, 0) is 0 Å². The minimum Gasteiger partial charge on any atom is -0.487 e. The quantitative estimate of drug-likeness (QED) is 0.451. The average Bonchev–Trinajstić information content (AvgIpc) is 2.28. The number of carboxylic acids is 1. The Labute approximate surface area is 101 Å². The van der Waals surface area contributed by atoms with Crippen molar-refractivity contribution in [2.24, 2.45) is 0 Å². The molecule has 0 aromatic heterocycles. The van der Waals surface area contributed by atoms with Gasteiger partial charge in [0.15, 0.2) is 5.75 Å². The molecule has 0 spiro atoms. The molecule has 8 heteroatoms. The first kappa shape index (κ1) is 13.8. The molecule has 7 nitrogen and oxygen atoms in total. The van der Waals surface area contributed by atoms with E-state index >= 15 is 0 Å². The zero-order valence-electron chi connectivity index (χ0n) is 9.13. The topological polar surface area (TPSA) is 110 Å². The number of hydrogen-bond donors (Lipinski definition) is 2. The van der Waals surface area contributed by atoms with Crippen molar-refractivity contribution in [3.8, 4) is 5.75 Å². The highest BCUT2D eigenvalue weighted by atomic mass is 19.1. The van der Waals surface area contributed by atoms with E-state index in [9.17, 15) is 19.3 Å². The lowest BCUT2D eigenvalue weighted by Gasteiger charge is -2.07. The Balaban J connectivity index is 3.12. The Bertz CT molecular complexity index is 476. The van der Waals surface area contributed by atoms with Crippen LogP contribution in [0.4, 0.5) is 10.1 Å². The van der Waals surface area contributed by atoms with E-state index in [1.54, 1.807) is 0 Å². The molecule has 18 heavy (non-hydrogen) atoms. The zero-order valence-corrected chi connectivity index (χ0v) is 9.13. The lowest BCUT2D eigenvalue weighted by molar-refractivity contribution is -0.386. The summed E-state index contributed by atoms with van der Waals surface area (Å²) in [7, 11) is 0. The van der Waals surface area contributed by atoms with Gasteiger partial charge in [-0.2, -0.15) is 0 Å². The maximum Gasteiger partial charge on any atom is 0.338 e. The summed E-state index contributed by atoms with van der Waals surface area (Å²) in [4.78, 5) is 20.5. The van der Waals surface area contributed by atoms with Crippen molar-refractivity contribution in [1.82, 2.24) is 0 Å². The van der Waals surface area contributed by atoms with E-state index in [2.05, 4.69) is 0 Å². The molecule has 0 saturated carbocycles. The second-order valence-corrected chi connectivity index (χ2v) is 3.29. The van der Waals surface area contributed by atoms with E-state index in [0.717, 1.165) is 0 Å². The van der Waals surface area contributed by atoms with Crippen LogP contribution in [0.1, 0.15) is 16.8 Å². The molecule has 0 fully saturated rings. The van der Waals surface area contributed by atoms with Crippen molar-refractivity contribution in [2.45, 2.75) is 6.42 Å². The first-order valence-electron chi connectivity index (χ1n) is 4.92. The minimum atomic E-state index is -1.60. The Morgan fingerprint density at radius 2 is 2.17 bits per heavy atom. The van der Waals surface area contributed by atoms with Gasteiger partial charge in [-0.25, -0.2) is 9.18 Å². The number of aromatic carboxylic acids is 1. The van der Waals surface area contributed by atoms with Gasteiger partial charge in [0, 0.05) is 25.2 Å². The largest absolute Gasteiger partial charge is 0.487 e. The molecule has 2 N–H and O–H groups in total. The molecular weight excluding hydrogens is 249 g/mol. The maximum absolute atomic E-state index is 13.3. The van der Waals surface area contributed by atoms with E-state index < -0.39 is 28.0 Å². The van der Waals surface area contributed by atoms with Gasteiger partial charge < -0.3 is 14.9 Å². The van der Waals surface area contributed by atoms with Crippen LogP contribution in [0.15, 0.2) is 12.1 Å². The summed E-state index contributed by atoms with van der Waals surface area (Å²) in [6, 6.07) is 1.25. The molecule has 0 aliphatic carbocycles. The lowest BCUT2D eigenvalue weighted by Crippen LogP contribution is -2.06. The van der Waals surface area contributed by atoms with Crippen LogP contribution in [-0.4, -0.2) is 34.3 Å². The van der Waals surface area contributed by atoms with Crippen LogP contribution in [0.3, 0.4) is 0 Å². The molecule has 0 aliphatic rings. The van der Waals surface area contributed by atoms with Gasteiger partial charge in [-0.1, -0.05) is 0 Å². The number of carboxylic acid groups (broad SMARTS) is 1. The first-order valence-corrected chi connectivity index (χ1v) is 4.92. The molecule has 0 heterocycles. The summed E-state index contributed by atoms with van der Waals surface area (Å²) in [6.45, 7) is -0.216. The SMILES string of the molecule is O=C(O)c1cc([N+](=O)[O-])c(OCCCO)cc1F. The fourth-order valence-corrected chi connectivity index (χ4v) is 1.21. The number of halogens is 1. The van der Waals surface area contributed by atoms with Crippen LogP contribution in [0.2, 0.25) is 0 Å². The Morgan fingerprint density at radius 3 is 2.67 bits per heavy atom. The van der Waals surface area contributed by atoms with Gasteiger partial charge in [0.1, 0.15) is 11.4 Å². The summed E-state index contributed by atoms with van der Waals surface area (Å²) in [5.41, 5.74) is -1.43. The predicted molar refractivity (Wildman–Crippen MR) is 57.2 cm³/mol. The van der Waals surface area contributed by atoms with Crippen molar-refractivity contribution >= 4 is 11.7 Å². The van der Waals surface area contributed by atoms with Crippen molar-refractivity contribution in [3.63, 3.8) is 0 Å². The standard InChI is InChI=1S/C10H10FNO6/c11-7-5-9(18-3-1-2-13)8(12(16)17)4-6(7)10(14)15/h4-5,13H,1-3H2,(H,14,15). The smallest absolute Gasteiger partial charge is 0.338 e. The Hall–Kier alpha value is -2.22. The number of nitrogens with zero attached hydrogens (tertiary/aromatic N) is 1. The molecule has 0 amide bonds. The van der Waals surface area contributed by atoms with Crippen molar-refractivity contribution in [2.75, 3.05) is 13.2 Å². The highest BCUT2D eigenvalue weighted by Crippen LogP contribution is 2.30. The van der Waals surface area contributed by atoms with Gasteiger partial charge in [0.25, 0.3) is 0 Å². The van der Waals surface area contributed by atoms with Gasteiger partial charge in [0.05, 0.1) is 11.5 Å². The third-order valence-electron chi connectivity index (χ3n) is 2.04. The highest BCUT2D eigenvalue weighted by Gasteiger charge is 2.22. The number of carbonyl (C=O) groups is 1. The van der Waals surface area contributed by atoms with Crippen LogP contribution in [0.25, 0.3) is 0 Å². The Morgan fingerprint density at radius 1 is 1.50 bits per heavy atom. The second kappa shape index (κ2) is 5.92. The third kappa shape index (κ3) is 3.14. The summed E-state index contributed by atoms with van der Waals surface area (Å²) >= 11 is 0. The van der Waals surface area contributed by atoms with Gasteiger partial charge in [-0.15, -0.1) is 0 Å². The van der Waals surface area contributed by atoms with E-state index in [4.69, 9.17) is 14.9 Å². The van der Waals surface area contributed by atoms with Crippen LogP contribution in [-0.2, 0) is 0 Å². The monoisotopic (exact) mass is 259 g/mol. The van der Waals surface area contributed by atoms with Crippen molar-refractivity contribution < 1.29 is 29.1 Å². The summed E-state index contributed by atoms with van der Waals surface area (Å²) in [5.74, 6) is -3.08. The number of aliphatic hydroxyl groups is 1. The molecule has 0 unspecified atom stereocenters. The summed E-state index contributed by atoms with van der Waals surface area (Å²) < 4.78 is 18.2. The Kier molecular flexibility index (Phi) is 4.55. The molecule has 1 aromatic rings. The average molecular weight is 259 g/mol. The third-order valence-corrected chi connectivity index (χ3v) is 2.04. The van der Waals surface area contributed by atoms with E-state index in [-0.39, 0.29) is 25.4 Å². The summed E-state index contributed by atoms with van der Waals surface area (Å²) in [6.07, 6.45) is 0.222. The van der Waals surface area contributed by atoms with Crippen LogP contribution in [0, 0.1) is 15.9 Å². The first-order chi connectivity index (χ1) is 8.47. The lowest BCUT2D eigenvalue weighted by atomic mass is 10.1. The second-order valence-electron chi connectivity index (χ2n) is 3.29. The molecular formula is C10H10FNO6. The molecule has 1 rings (SSSR count). The number of rotatable bonds is 6. The molecule has 0 aliphatic heterocycles.